The molecule has 0 spiro atoms. The van der Waals surface area contributed by atoms with Crippen molar-refractivity contribution in [1.82, 2.24) is 14.1 Å². The molecule has 0 amide bonds. The molecule has 74 valence electrons. The minimum Gasteiger partial charge on any atom is -0.279 e. The molecule has 0 N–H and O–H groups in total. The molecule has 6 heteroatoms. The quantitative estimate of drug-likeness (QED) is 0.690. The third kappa shape index (κ3) is 1.03. The zero-order valence-corrected chi connectivity index (χ0v) is 7.32. The monoisotopic (exact) mass is 199 g/mol. The van der Waals surface area contributed by atoms with Crippen LogP contribution in [-0.4, -0.2) is 14.1 Å². The van der Waals surface area contributed by atoms with E-state index in [0.717, 1.165) is 4.57 Å². The summed E-state index contributed by atoms with van der Waals surface area (Å²) in [5.74, 6) is 0. The number of halogens is 2. The second-order valence-corrected chi connectivity index (χ2v) is 2.84. The van der Waals surface area contributed by atoms with Gasteiger partial charge in [0.15, 0.2) is 5.65 Å². The third-order valence-corrected chi connectivity index (χ3v) is 2.03. The highest BCUT2D eigenvalue weighted by atomic mass is 19.3. The Balaban J connectivity index is 2.95. The number of hydrogen-bond donors (Lipinski definition) is 0. The molecule has 0 atom stereocenters. The highest BCUT2D eigenvalue weighted by molar-refractivity contribution is 5.71. The first-order chi connectivity index (χ1) is 6.63. The number of fused-ring (bicyclic) bond motifs is 1. The molecule has 14 heavy (non-hydrogen) atoms. The molecule has 0 unspecified atom stereocenters. The number of imidazole rings is 1. The molecule has 2 rings (SSSR count). The van der Waals surface area contributed by atoms with Gasteiger partial charge in [0, 0.05) is 13.2 Å². The maximum absolute atomic E-state index is 12.5. The molecule has 2 aromatic rings. The van der Waals surface area contributed by atoms with Gasteiger partial charge in [-0.3, -0.25) is 4.57 Å². The van der Waals surface area contributed by atoms with Crippen LogP contribution < -0.4 is 5.69 Å². The van der Waals surface area contributed by atoms with Crippen LogP contribution >= 0.6 is 0 Å². The first-order valence-corrected chi connectivity index (χ1v) is 3.93. The molecule has 0 bridgehead atoms. The van der Waals surface area contributed by atoms with E-state index in [4.69, 9.17) is 0 Å². The largest absolute Gasteiger partial charge is 0.334 e. The molecule has 0 radical (unpaired) electrons. The van der Waals surface area contributed by atoms with Crippen LogP contribution in [0, 0.1) is 0 Å². The van der Waals surface area contributed by atoms with Crippen LogP contribution in [0.5, 0.6) is 0 Å². The first kappa shape index (κ1) is 8.86. The average molecular weight is 199 g/mol. The highest BCUT2D eigenvalue weighted by Gasteiger charge is 2.17. The van der Waals surface area contributed by atoms with Crippen molar-refractivity contribution in [3.8, 4) is 0 Å². The van der Waals surface area contributed by atoms with Crippen LogP contribution in [0.25, 0.3) is 11.2 Å². The van der Waals surface area contributed by atoms with Gasteiger partial charge in [0.25, 0.3) is 0 Å². The van der Waals surface area contributed by atoms with Crippen LogP contribution in [0.4, 0.5) is 8.78 Å². The molecule has 0 saturated heterocycles. The van der Waals surface area contributed by atoms with Gasteiger partial charge in [-0.15, -0.1) is 0 Å². The molecule has 0 aliphatic rings. The fraction of sp³-hybridized carbons (Fsp3) is 0.250. The number of aryl methyl sites for hydroxylation is 1. The Bertz CT molecular complexity index is 529. The Hall–Kier alpha value is -1.72. The lowest BCUT2D eigenvalue weighted by atomic mass is 10.4. The van der Waals surface area contributed by atoms with E-state index in [0.29, 0.717) is 4.57 Å². The van der Waals surface area contributed by atoms with Crippen LogP contribution in [0.1, 0.15) is 6.55 Å². The standard InChI is InChI=1S/C8H7F2N3O/c1-12-6-5(3-2-4-11-6)13(7(9)10)8(12)14/h2-4,7H,1H3. The van der Waals surface area contributed by atoms with E-state index >= 15 is 0 Å². The summed E-state index contributed by atoms with van der Waals surface area (Å²) < 4.78 is 26.5. The number of aromatic nitrogens is 3. The molecule has 4 nitrogen and oxygen atoms in total. The summed E-state index contributed by atoms with van der Waals surface area (Å²) in [5.41, 5.74) is -0.346. The average Bonchev–Trinajstić information content (AvgIpc) is 2.41. The van der Waals surface area contributed by atoms with Crippen molar-refractivity contribution in [3.05, 3.63) is 28.8 Å². The number of rotatable bonds is 1. The zero-order valence-electron chi connectivity index (χ0n) is 7.32. The molecule has 0 aliphatic heterocycles. The van der Waals surface area contributed by atoms with Gasteiger partial charge in [-0.25, -0.2) is 14.3 Å². The summed E-state index contributed by atoms with van der Waals surface area (Å²) in [5, 5.41) is 0. The lowest BCUT2D eigenvalue weighted by Gasteiger charge is -1.98. The maximum atomic E-state index is 12.5. The summed E-state index contributed by atoms with van der Waals surface area (Å²) in [6.07, 6.45) is 1.46. The normalized spacial score (nSPS) is 11.4. The SMILES string of the molecule is Cn1c(=O)n(C(F)F)c2cccnc21. The lowest BCUT2D eigenvalue weighted by Crippen LogP contribution is -2.22. The number of nitrogens with zero attached hydrogens (tertiary/aromatic N) is 3. The van der Waals surface area contributed by atoms with Gasteiger partial charge in [0.05, 0.1) is 5.52 Å². The number of hydrogen-bond acceptors (Lipinski definition) is 2. The minimum absolute atomic E-state index is 0.148. The van der Waals surface area contributed by atoms with Crippen LogP contribution in [0.15, 0.2) is 23.1 Å². The number of pyridine rings is 1. The maximum Gasteiger partial charge on any atom is 0.334 e. The Morgan fingerprint density at radius 3 is 2.86 bits per heavy atom. The van der Waals surface area contributed by atoms with Gasteiger partial charge < -0.3 is 0 Å². The van der Waals surface area contributed by atoms with Crippen molar-refractivity contribution in [1.29, 1.82) is 0 Å². The van der Waals surface area contributed by atoms with Gasteiger partial charge in [0.2, 0.25) is 0 Å². The van der Waals surface area contributed by atoms with Crippen molar-refractivity contribution < 1.29 is 8.78 Å². The van der Waals surface area contributed by atoms with Crippen LogP contribution in [0.2, 0.25) is 0 Å². The van der Waals surface area contributed by atoms with E-state index in [-0.39, 0.29) is 11.2 Å². The zero-order chi connectivity index (χ0) is 10.3. The lowest BCUT2D eigenvalue weighted by molar-refractivity contribution is 0.0705. The first-order valence-electron chi connectivity index (χ1n) is 3.93. The van der Waals surface area contributed by atoms with Crippen LogP contribution in [-0.2, 0) is 7.05 Å². The summed E-state index contributed by atoms with van der Waals surface area (Å²) in [7, 11) is 1.41. The molecule has 0 aliphatic carbocycles. The molecule has 2 aromatic heterocycles. The van der Waals surface area contributed by atoms with E-state index in [9.17, 15) is 13.6 Å². The molecular formula is C8H7F2N3O. The summed E-state index contributed by atoms with van der Waals surface area (Å²) in [6.45, 7) is -2.84. The van der Waals surface area contributed by atoms with Gasteiger partial charge >= 0.3 is 12.2 Å². The second kappa shape index (κ2) is 2.90. The van der Waals surface area contributed by atoms with Crippen LogP contribution in [0.3, 0.4) is 0 Å². The van der Waals surface area contributed by atoms with Crippen molar-refractivity contribution in [2.75, 3.05) is 0 Å². The Labute approximate surface area is 77.4 Å². The van der Waals surface area contributed by atoms with Crippen molar-refractivity contribution in [3.63, 3.8) is 0 Å². The van der Waals surface area contributed by atoms with Crippen molar-refractivity contribution >= 4 is 11.2 Å². The van der Waals surface area contributed by atoms with E-state index in [1.165, 1.54) is 25.4 Å². The number of alkyl halides is 2. The van der Waals surface area contributed by atoms with E-state index in [1.807, 2.05) is 0 Å². The Morgan fingerprint density at radius 2 is 2.21 bits per heavy atom. The third-order valence-electron chi connectivity index (χ3n) is 2.03. The predicted octanol–water partition coefficient (Wildman–Crippen LogP) is 1.13. The molecular weight excluding hydrogens is 192 g/mol. The van der Waals surface area contributed by atoms with Gasteiger partial charge in [0.1, 0.15) is 0 Å². The second-order valence-electron chi connectivity index (χ2n) is 2.84. The summed E-state index contributed by atoms with van der Waals surface area (Å²) in [4.78, 5) is 15.2. The topological polar surface area (TPSA) is 39.8 Å². The fourth-order valence-corrected chi connectivity index (χ4v) is 1.38. The minimum atomic E-state index is -2.84. The van der Waals surface area contributed by atoms with Crippen molar-refractivity contribution in [2.45, 2.75) is 6.55 Å². The van der Waals surface area contributed by atoms with Gasteiger partial charge in [-0.2, -0.15) is 8.78 Å². The Kier molecular flexibility index (Phi) is 1.83. The van der Waals surface area contributed by atoms with E-state index in [1.54, 1.807) is 0 Å². The van der Waals surface area contributed by atoms with E-state index < -0.39 is 12.2 Å². The summed E-state index contributed by atoms with van der Waals surface area (Å²) >= 11 is 0. The smallest absolute Gasteiger partial charge is 0.279 e. The highest BCUT2D eigenvalue weighted by Crippen LogP contribution is 2.15. The molecule has 0 fully saturated rings. The van der Waals surface area contributed by atoms with Crippen molar-refractivity contribution in [2.24, 2.45) is 7.05 Å². The molecule has 2 heterocycles. The molecule has 0 aromatic carbocycles. The molecule has 0 saturated carbocycles. The van der Waals surface area contributed by atoms with Gasteiger partial charge in [-0.05, 0) is 12.1 Å². The van der Waals surface area contributed by atoms with Gasteiger partial charge in [-0.1, -0.05) is 0 Å². The van der Waals surface area contributed by atoms with E-state index in [2.05, 4.69) is 4.98 Å². The Morgan fingerprint density at radius 1 is 1.50 bits per heavy atom. The summed E-state index contributed by atoms with van der Waals surface area (Å²) in [6, 6.07) is 2.95. The predicted molar refractivity (Wildman–Crippen MR) is 46.2 cm³/mol. The fourth-order valence-electron chi connectivity index (χ4n) is 1.38.